The fourth-order valence-electron chi connectivity index (χ4n) is 1.16. The molecule has 104 valence electrons. The van der Waals surface area contributed by atoms with E-state index >= 15 is 0 Å². The number of rotatable bonds is 8. The van der Waals surface area contributed by atoms with Crippen LogP contribution in [-0.2, 0) is 4.74 Å². The average molecular weight is 245 g/mol. The number of nitrogens with one attached hydrogen (secondary N) is 3. The third-order valence-corrected chi connectivity index (χ3v) is 2.07. The van der Waals surface area contributed by atoms with Gasteiger partial charge in [0.05, 0.1) is 13.2 Å². The van der Waals surface area contributed by atoms with E-state index in [1.807, 2.05) is 0 Å². The van der Waals surface area contributed by atoms with Crippen molar-refractivity contribution in [3.05, 3.63) is 0 Å². The first kappa shape index (κ1) is 16.8. The minimum atomic E-state index is 0.171. The van der Waals surface area contributed by atoms with Gasteiger partial charge in [-0.05, 0) is 41.5 Å². The molecule has 0 aliphatic rings. The molecule has 0 unspecified atom stereocenters. The summed E-state index contributed by atoms with van der Waals surface area (Å²) in [6.45, 7) is 17.1. The van der Waals surface area contributed by atoms with E-state index in [1.54, 1.807) is 0 Å². The van der Waals surface area contributed by atoms with Crippen LogP contribution in [0.5, 0.6) is 0 Å². The Kier molecular flexibility index (Phi) is 7.96. The van der Waals surface area contributed by atoms with Crippen LogP contribution in [0.15, 0.2) is 0 Å². The zero-order valence-electron chi connectivity index (χ0n) is 12.4. The average Bonchev–Trinajstić information content (AvgIpc) is 2.11. The van der Waals surface area contributed by atoms with Gasteiger partial charge >= 0.3 is 0 Å². The van der Waals surface area contributed by atoms with Gasteiger partial charge in [-0.1, -0.05) is 0 Å². The van der Waals surface area contributed by atoms with E-state index in [-0.39, 0.29) is 11.1 Å². The fraction of sp³-hybridized carbons (Fsp3) is 1.00. The summed E-state index contributed by atoms with van der Waals surface area (Å²) in [5.41, 5.74) is 0.350. The molecule has 0 aromatic rings. The Labute approximate surface area is 107 Å². The highest BCUT2D eigenvalue weighted by atomic mass is 16.5. The molecule has 0 heterocycles. The monoisotopic (exact) mass is 245 g/mol. The van der Waals surface area contributed by atoms with Crippen molar-refractivity contribution in [3.8, 4) is 0 Å². The lowest BCUT2D eigenvalue weighted by Gasteiger charge is -2.21. The summed E-state index contributed by atoms with van der Waals surface area (Å²) in [6, 6.07) is 0. The quantitative estimate of drug-likeness (QED) is 0.446. The molecule has 0 saturated carbocycles. The molecule has 17 heavy (non-hydrogen) atoms. The molecular formula is C13H31N3O. The van der Waals surface area contributed by atoms with E-state index in [1.165, 1.54) is 0 Å². The summed E-state index contributed by atoms with van der Waals surface area (Å²) in [5.74, 6) is 0. The van der Waals surface area contributed by atoms with Gasteiger partial charge in [-0.15, -0.1) is 0 Å². The molecule has 0 atom stereocenters. The van der Waals surface area contributed by atoms with E-state index in [9.17, 15) is 0 Å². The molecule has 4 nitrogen and oxygen atoms in total. The zero-order valence-corrected chi connectivity index (χ0v) is 12.4. The molecule has 0 aromatic carbocycles. The fourth-order valence-corrected chi connectivity index (χ4v) is 1.16. The van der Waals surface area contributed by atoms with Gasteiger partial charge in [-0.25, -0.2) is 0 Å². The standard InChI is InChI=1S/C13H31N3O/c1-12(2,3)15-8-10-17-9-7-14-11-16-13(4,5)6/h14-16H,7-11H2,1-6H3. The summed E-state index contributed by atoms with van der Waals surface area (Å²) in [5, 5.41) is 10.0. The minimum absolute atomic E-state index is 0.171. The van der Waals surface area contributed by atoms with Crippen LogP contribution < -0.4 is 16.0 Å². The Morgan fingerprint density at radius 2 is 1.29 bits per heavy atom. The summed E-state index contributed by atoms with van der Waals surface area (Å²) in [6.07, 6.45) is 0. The lowest BCUT2D eigenvalue weighted by molar-refractivity contribution is 0.131. The molecule has 0 fully saturated rings. The second-order valence-corrected chi connectivity index (χ2v) is 6.39. The summed E-state index contributed by atoms with van der Waals surface area (Å²) >= 11 is 0. The van der Waals surface area contributed by atoms with E-state index in [0.29, 0.717) is 0 Å². The van der Waals surface area contributed by atoms with Gasteiger partial charge in [-0.2, -0.15) is 0 Å². The molecule has 3 N–H and O–H groups in total. The Morgan fingerprint density at radius 1 is 0.765 bits per heavy atom. The van der Waals surface area contributed by atoms with Crippen LogP contribution in [-0.4, -0.2) is 44.0 Å². The molecule has 0 bridgehead atoms. The lowest BCUT2D eigenvalue weighted by atomic mass is 10.1. The summed E-state index contributed by atoms with van der Waals surface area (Å²) in [4.78, 5) is 0. The number of ether oxygens (including phenoxy) is 1. The SMILES string of the molecule is CC(C)(C)NCCOCCNCNC(C)(C)C. The first-order valence-corrected chi connectivity index (χ1v) is 6.49. The molecule has 0 radical (unpaired) electrons. The summed E-state index contributed by atoms with van der Waals surface area (Å²) < 4.78 is 5.51. The van der Waals surface area contributed by atoms with Crippen LogP contribution in [0.4, 0.5) is 0 Å². The number of hydrogen-bond acceptors (Lipinski definition) is 4. The maximum Gasteiger partial charge on any atom is 0.0592 e. The largest absolute Gasteiger partial charge is 0.379 e. The molecule has 0 aliphatic carbocycles. The highest BCUT2D eigenvalue weighted by molar-refractivity contribution is 4.70. The second kappa shape index (κ2) is 8.03. The van der Waals surface area contributed by atoms with Crippen molar-refractivity contribution in [2.45, 2.75) is 52.6 Å². The van der Waals surface area contributed by atoms with Gasteiger partial charge < -0.3 is 15.4 Å². The first-order chi connectivity index (χ1) is 7.71. The summed E-state index contributed by atoms with van der Waals surface area (Å²) in [7, 11) is 0. The van der Waals surface area contributed by atoms with Crippen LogP contribution >= 0.6 is 0 Å². The third-order valence-electron chi connectivity index (χ3n) is 2.07. The smallest absolute Gasteiger partial charge is 0.0592 e. The van der Waals surface area contributed by atoms with Gasteiger partial charge in [0.15, 0.2) is 0 Å². The lowest BCUT2D eigenvalue weighted by Crippen LogP contribution is -2.43. The predicted octanol–water partition coefficient (Wildman–Crippen LogP) is 1.33. The number of hydrogen-bond donors (Lipinski definition) is 3. The van der Waals surface area contributed by atoms with Gasteiger partial charge in [-0.3, -0.25) is 5.32 Å². The van der Waals surface area contributed by atoms with Crippen molar-refractivity contribution in [1.29, 1.82) is 0 Å². The molecular weight excluding hydrogens is 214 g/mol. The predicted molar refractivity (Wildman–Crippen MR) is 74.3 cm³/mol. The van der Waals surface area contributed by atoms with Gasteiger partial charge in [0.25, 0.3) is 0 Å². The van der Waals surface area contributed by atoms with E-state index in [0.717, 1.165) is 33.0 Å². The Hall–Kier alpha value is -0.160. The van der Waals surface area contributed by atoms with Crippen molar-refractivity contribution >= 4 is 0 Å². The van der Waals surface area contributed by atoms with Gasteiger partial charge in [0.2, 0.25) is 0 Å². The van der Waals surface area contributed by atoms with Crippen molar-refractivity contribution in [2.24, 2.45) is 0 Å². The first-order valence-electron chi connectivity index (χ1n) is 6.49. The Morgan fingerprint density at radius 3 is 1.82 bits per heavy atom. The van der Waals surface area contributed by atoms with E-state index < -0.39 is 0 Å². The highest BCUT2D eigenvalue weighted by Gasteiger charge is 2.07. The minimum Gasteiger partial charge on any atom is -0.379 e. The molecule has 0 spiro atoms. The van der Waals surface area contributed by atoms with Crippen LogP contribution in [0.2, 0.25) is 0 Å². The maximum atomic E-state index is 5.51. The second-order valence-electron chi connectivity index (χ2n) is 6.39. The molecule has 0 aliphatic heterocycles. The van der Waals surface area contributed by atoms with E-state index in [4.69, 9.17) is 4.74 Å². The van der Waals surface area contributed by atoms with Gasteiger partial charge in [0.1, 0.15) is 0 Å². The van der Waals surface area contributed by atoms with E-state index in [2.05, 4.69) is 57.5 Å². The third kappa shape index (κ3) is 15.8. The Bertz CT molecular complexity index is 162. The van der Waals surface area contributed by atoms with Crippen LogP contribution in [0.3, 0.4) is 0 Å². The zero-order chi connectivity index (χ0) is 13.4. The van der Waals surface area contributed by atoms with Crippen LogP contribution in [0.1, 0.15) is 41.5 Å². The highest BCUT2D eigenvalue weighted by Crippen LogP contribution is 1.97. The van der Waals surface area contributed by atoms with Crippen molar-refractivity contribution < 1.29 is 4.74 Å². The molecule has 0 saturated heterocycles. The van der Waals surface area contributed by atoms with Crippen molar-refractivity contribution in [2.75, 3.05) is 33.0 Å². The van der Waals surface area contributed by atoms with Crippen molar-refractivity contribution in [1.82, 2.24) is 16.0 Å². The van der Waals surface area contributed by atoms with Crippen LogP contribution in [0.25, 0.3) is 0 Å². The topological polar surface area (TPSA) is 45.3 Å². The molecule has 4 heteroatoms. The Balaban J connectivity index is 3.15. The van der Waals surface area contributed by atoms with Crippen molar-refractivity contribution in [3.63, 3.8) is 0 Å². The molecule has 0 rings (SSSR count). The normalized spacial score (nSPS) is 13.1. The van der Waals surface area contributed by atoms with Gasteiger partial charge in [0, 0.05) is 30.8 Å². The molecule has 0 amide bonds. The molecule has 0 aromatic heterocycles. The maximum absolute atomic E-state index is 5.51. The van der Waals surface area contributed by atoms with Crippen LogP contribution in [0, 0.1) is 0 Å².